The maximum Gasteiger partial charge on any atom is 0.149 e. The number of nitrogens with zero attached hydrogens (tertiary/aromatic N) is 3. The Balaban J connectivity index is 2.11. The van der Waals surface area contributed by atoms with Crippen LogP contribution in [0.25, 0.3) is 0 Å². The second-order valence-corrected chi connectivity index (χ2v) is 4.73. The summed E-state index contributed by atoms with van der Waals surface area (Å²) in [5, 5.41) is 5.49. The van der Waals surface area contributed by atoms with Crippen molar-refractivity contribution in [1.29, 1.82) is 0 Å². The van der Waals surface area contributed by atoms with Gasteiger partial charge in [0.2, 0.25) is 0 Å². The van der Waals surface area contributed by atoms with Crippen molar-refractivity contribution in [2.24, 2.45) is 0 Å². The number of hydrazine groups is 1. The first-order chi connectivity index (χ1) is 9.20. The zero-order valence-electron chi connectivity index (χ0n) is 12.0. The van der Waals surface area contributed by atoms with Crippen molar-refractivity contribution in [2.45, 2.75) is 27.2 Å². The first kappa shape index (κ1) is 14.0. The van der Waals surface area contributed by atoms with Crippen molar-refractivity contribution in [3.63, 3.8) is 0 Å². The summed E-state index contributed by atoms with van der Waals surface area (Å²) in [6.07, 6.45) is 1.08. The molecule has 1 aromatic rings. The Morgan fingerprint density at radius 1 is 1.16 bits per heavy atom. The van der Waals surface area contributed by atoms with E-state index in [1.165, 1.54) is 0 Å². The molecule has 0 amide bonds. The molecule has 0 radical (unpaired) electrons. The van der Waals surface area contributed by atoms with Crippen LogP contribution in [-0.2, 0) is 4.74 Å². The van der Waals surface area contributed by atoms with Gasteiger partial charge in [-0.1, -0.05) is 6.92 Å². The molecule has 0 spiro atoms. The smallest absolute Gasteiger partial charge is 0.149 e. The number of aromatic nitrogens is 2. The normalized spacial score (nSPS) is 16.4. The lowest BCUT2D eigenvalue weighted by Gasteiger charge is -2.28. The van der Waals surface area contributed by atoms with Gasteiger partial charge in [-0.05, 0) is 20.3 Å². The Bertz CT molecular complexity index is 418. The summed E-state index contributed by atoms with van der Waals surface area (Å²) in [4.78, 5) is 8.95. The summed E-state index contributed by atoms with van der Waals surface area (Å²) in [5.41, 5.74) is 4.43. The number of ether oxygens (including phenoxy) is 1. The SMILES string of the molecule is CCCNc1nc(C)nc(NN2CCOCC2)c1C. The lowest BCUT2D eigenvalue weighted by molar-refractivity contribution is 0.0494. The molecule has 106 valence electrons. The number of hydrogen-bond acceptors (Lipinski definition) is 6. The summed E-state index contributed by atoms with van der Waals surface area (Å²) in [6, 6.07) is 0. The molecule has 2 rings (SSSR count). The zero-order chi connectivity index (χ0) is 13.7. The fraction of sp³-hybridized carbons (Fsp3) is 0.692. The molecular weight excluding hydrogens is 242 g/mol. The first-order valence-electron chi connectivity index (χ1n) is 6.89. The van der Waals surface area contributed by atoms with E-state index >= 15 is 0 Å². The number of hydrogen-bond donors (Lipinski definition) is 2. The van der Waals surface area contributed by atoms with Crippen LogP contribution in [0.15, 0.2) is 0 Å². The fourth-order valence-corrected chi connectivity index (χ4v) is 1.98. The van der Waals surface area contributed by atoms with Crippen LogP contribution < -0.4 is 10.7 Å². The third-order valence-electron chi connectivity index (χ3n) is 3.08. The molecule has 2 heterocycles. The van der Waals surface area contributed by atoms with Gasteiger partial charge in [-0.25, -0.2) is 15.0 Å². The largest absolute Gasteiger partial charge is 0.379 e. The van der Waals surface area contributed by atoms with E-state index in [0.717, 1.165) is 62.3 Å². The van der Waals surface area contributed by atoms with E-state index in [1.807, 2.05) is 13.8 Å². The van der Waals surface area contributed by atoms with Gasteiger partial charge in [-0.15, -0.1) is 0 Å². The molecule has 1 aromatic heterocycles. The minimum atomic E-state index is 0.761. The van der Waals surface area contributed by atoms with Crippen molar-refractivity contribution in [1.82, 2.24) is 15.0 Å². The number of aryl methyl sites for hydroxylation is 1. The molecule has 0 bridgehead atoms. The van der Waals surface area contributed by atoms with Gasteiger partial charge in [-0.3, -0.25) is 0 Å². The van der Waals surface area contributed by atoms with Crippen LogP contribution >= 0.6 is 0 Å². The Labute approximate surface area is 114 Å². The highest BCUT2D eigenvalue weighted by atomic mass is 16.5. The summed E-state index contributed by atoms with van der Waals surface area (Å²) < 4.78 is 5.34. The molecule has 0 aromatic carbocycles. The first-order valence-corrected chi connectivity index (χ1v) is 6.89. The summed E-state index contributed by atoms with van der Waals surface area (Å²) >= 11 is 0. The summed E-state index contributed by atoms with van der Waals surface area (Å²) in [7, 11) is 0. The third kappa shape index (κ3) is 3.78. The Hall–Kier alpha value is -1.40. The van der Waals surface area contributed by atoms with Crippen molar-refractivity contribution in [3.05, 3.63) is 11.4 Å². The van der Waals surface area contributed by atoms with E-state index in [4.69, 9.17) is 4.74 Å². The highest BCUT2D eigenvalue weighted by molar-refractivity contribution is 5.56. The molecule has 19 heavy (non-hydrogen) atoms. The van der Waals surface area contributed by atoms with E-state index < -0.39 is 0 Å². The number of nitrogens with one attached hydrogen (secondary N) is 2. The number of rotatable bonds is 5. The molecule has 1 fully saturated rings. The van der Waals surface area contributed by atoms with Crippen molar-refractivity contribution >= 4 is 11.6 Å². The van der Waals surface area contributed by atoms with Gasteiger partial charge in [-0.2, -0.15) is 0 Å². The molecule has 6 nitrogen and oxygen atoms in total. The van der Waals surface area contributed by atoms with Crippen LogP contribution in [0, 0.1) is 13.8 Å². The Morgan fingerprint density at radius 3 is 2.53 bits per heavy atom. The summed E-state index contributed by atoms with van der Waals surface area (Å²) in [6.45, 7) is 10.3. The van der Waals surface area contributed by atoms with Crippen LogP contribution in [0.1, 0.15) is 24.7 Å². The maximum absolute atomic E-state index is 5.34. The highest BCUT2D eigenvalue weighted by Crippen LogP contribution is 2.20. The number of anilines is 2. The van der Waals surface area contributed by atoms with Gasteiger partial charge in [0.05, 0.1) is 13.2 Å². The van der Waals surface area contributed by atoms with E-state index in [1.54, 1.807) is 0 Å². The van der Waals surface area contributed by atoms with Crippen molar-refractivity contribution in [2.75, 3.05) is 43.6 Å². The van der Waals surface area contributed by atoms with E-state index in [-0.39, 0.29) is 0 Å². The van der Waals surface area contributed by atoms with Crippen LogP contribution in [0.2, 0.25) is 0 Å². The molecule has 0 saturated carbocycles. The van der Waals surface area contributed by atoms with Crippen molar-refractivity contribution in [3.8, 4) is 0 Å². The topological polar surface area (TPSA) is 62.3 Å². The molecule has 0 atom stereocenters. The van der Waals surface area contributed by atoms with Gasteiger partial charge in [0, 0.05) is 25.2 Å². The minimum Gasteiger partial charge on any atom is -0.379 e. The highest BCUT2D eigenvalue weighted by Gasteiger charge is 2.14. The molecule has 0 unspecified atom stereocenters. The third-order valence-corrected chi connectivity index (χ3v) is 3.08. The molecule has 2 N–H and O–H groups in total. The molecular formula is C13H23N5O. The molecule has 0 aliphatic carbocycles. The van der Waals surface area contributed by atoms with Gasteiger partial charge in [0.15, 0.2) is 0 Å². The van der Waals surface area contributed by atoms with Gasteiger partial charge >= 0.3 is 0 Å². The monoisotopic (exact) mass is 265 g/mol. The van der Waals surface area contributed by atoms with E-state index in [2.05, 4.69) is 32.6 Å². The lowest BCUT2D eigenvalue weighted by Crippen LogP contribution is -2.40. The van der Waals surface area contributed by atoms with Crippen LogP contribution in [0.3, 0.4) is 0 Å². The van der Waals surface area contributed by atoms with Gasteiger partial charge in [0.25, 0.3) is 0 Å². The Morgan fingerprint density at radius 2 is 1.84 bits per heavy atom. The molecule has 1 saturated heterocycles. The zero-order valence-corrected chi connectivity index (χ0v) is 12.0. The van der Waals surface area contributed by atoms with E-state index in [0.29, 0.717) is 0 Å². The summed E-state index contributed by atoms with van der Waals surface area (Å²) in [5.74, 6) is 2.58. The quantitative estimate of drug-likeness (QED) is 0.842. The van der Waals surface area contributed by atoms with Crippen LogP contribution in [0.5, 0.6) is 0 Å². The number of morpholine rings is 1. The molecule has 1 aliphatic heterocycles. The maximum atomic E-state index is 5.34. The standard InChI is InChI=1S/C13H23N5O/c1-4-5-14-12-10(2)13(16-11(3)15-12)17-18-6-8-19-9-7-18/h4-9H2,1-3H3,(H2,14,15,16,17). The lowest BCUT2D eigenvalue weighted by atomic mass is 10.3. The average molecular weight is 265 g/mol. The second-order valence-electron chi connectivity index (χ2n) is 4.73. The average Bonchev–Trinajstić information content (AvgIpc) is 2.42. The molecule has 6 heteroatoms. The van der Waals surface area contributed by atoms with E-state index in [9.17, 15) is 0 Å². The van der Waals surface area contributed by atoms with Crippen LogP contribution in [0.4, 0.5) is 11.6 Å². The second kappa shape index (κ2) is 6.68. The Kier molecular flexibility index (Phi) is 4.93. The van der Waals surface area contributed by atoms with Gasteiger partial charge in [0.1, 0.15) is 17.5 Å². The fourth-order valence-electron chi connectivity index (χ4n) is 1.98. The van der Waals surface area contributed by atoms with Crippen molar-refractivity contribution < 1.29 is 4.74 Å². The predicted octanol–water partition coefficient (Wildman–Crippen LogP) is 1.57. The van der Waals surface area contributed by atoms with Crippen LogP contribution in [-0.4, -0.2) is 47.8 Å². The minimum absolute atomic E-state index is 0.761. The molecule has 1 aliphatic rings. The van der Waals surface area contributed by atoms with Gasteiger partial charge < -0.3 is 15.5 Å². The predicted molar refractivity (Wildman–Crippen MR) is 76.3 cm³/mol.